The smallest absolute Gasteiger partial charge is 0.287 e. The van der Waals surface area contributed by atoms with Crippen LogP contribution in [-0.2, 0) is 11.3 Å². The van der Waals surface area contributed by atoms with Crippen molar-refractivity contribution in [3.63, 3.8) is 0 Å². The normalized spacial score (nSPS) is 12.2. The van der Waals surface area contributed by atoms with Crippen molar-refractivity contribution in [2.24, 2.45) is 0 Å². The number of benzene rings is 1. The highest BCUT2D eigenvalue weighted by atomic mass is 16.5. The number of carbonyl (C=O) groups is 1. The molecule has 1 N–H and O–H groups in total. The summed E-state index contributed by atoms with van der Waals surface area (Å²) in [5, 5.41) is 2.91. The molecular formula is C16H19NO3. The summed E-state index contributed by atoms with van der Waals surface area (Å²) in [5.41, 5.74) is 2.26. The number of hydrogen-bond acceptors (Lipinski definition) is 3. The zero-order valence-electron chi connectivity index (χ0n) is 12.0. The Kier molecular flexibility index (Phi) is 4.58. The largest absolute Gasteiger partial charge is 0.453 e. The number of rotatable bonds is 5. The van der Waals surface area contributed by atoms with E-state index in [9.17, 15) is 4.79 Å². The molecule has 1 heterocycles. The molecule has 1 aromatic heterocycles. The van der Waals surface area contributed by atoms with Crippen molar-refractivity contribution in [2.45, 2.75) is 26.5 Å². The van der Waals surface area contributed by atoms with Crippen molar-refractivity contribution in [1.29, 1.82) is 0 Å². The lowest BCUT2D eigenvalue weighted by Crippen LogP contribution is -2.26. The van der Waals surface area contributed by atoms with E-state index >= 15 is 0 Å². The minimum atomic E-state index is -0.222. The van der Waals surface area contributed by atoms with Crippen LogP contribution in [0.4, 0.5) is 0 Å². The quantitative estimate of drug-likeness (QED) is 0.910. The molecule has 0 bridgehead atoms. The average Bonchev–Trinajstić information content (AvgIpc) is 2.88. The molecule has 2 rings (SSSR count). The van der Waals surface area contributed by atoms with Crippen LogP contribution in [0.5, 0.6) is 0 Å². The third-order valence-corrected chi connectivity index (χ3v) is 3.10. The van der Waals surface area contributed by atoms with Gasteiger partial charge in [0.15, 0.2) is 5.76 Å². The number of aryl methyl sites for hydroxylation is 1. The first-order valence-electron chi connectivity index (χ1n) is 6.55. The maximum Gasteiger partial charge on any atom is 0.287 e. The first kappa shape index (κ1) is 14.3. The third kappa shape index (κ3) is 3.48. The van der Waals surface area contributed by atoms with E-state index in [1.165, 1.54) is 5.56 Å². The molecule has 0 spiro atoms. The Balaban J connectivity index is 2.01. The fraction of sp³-hybridized carbons (Fsp3) is 0.312. The van der Waals surface area contributed by atoms with Crippen LogP contribution in [0.2, 0.25) is 0 Å². The predicted octanol–water partition coefficient (Wildman–Crippen LogP) is 3.23. The maximum atomic E-state index is 12.1. The molecule has 1 unspecified atom stereocenters. The van der Waals surface area contributed by atoms with E-state index < -0.39 is 0 Å². The van der Waals surface area contributed by atoms with Gasteiger partial charge in [0, 0.05) is 7.11 Å². The van der Waals surface area contributed by atoms with Crippen LogP contribution in [0.3, 0.4) is 0 Å². The van der Waals surface area contributed by atoms with Crippen LogP contribution in [-0.4, -0.2) is 13.0 Å². The van der Waals surface area contributed by atoms with E-state index in [0.29, 0.717) is 18.1 Å². The molecule has 0 fully saturated rings. The van der Waals surface area contributed by atoms with Crippen LogP contribution >= 0.6 is 0 Å². The minimum absolute atomic E-state index is 0.0703. The Bertz CT molecular complexity index is 572. The molecule has 0 aliphatic heterocycles. The molecule has 2 aromatic rings. The molecule has 0 aliphatic rings. The lowest BCUT2D eigenvalue weighted by molar-refractivity contribution is 0.0903. The van der Waals surface area contributed by atoms with Gasteiger partial charge in [-0.05, 0) is 31.5 Å². The summed E-state index contributed by atoms with van der Waals surface area (Å²) in [6.07, 6.45) is 0. The second kappa shape index (κ2) is 6.39. The molecule has 0 radical (unpaired) electrons. The average molecular weight is 273 g/mol. The molecule has 0 saturated heterocycles. The van der Waals surface area contributed by atoms with Crippen molar-refractivity contribution in [1.82, 2.24) is 5.32 Å². The molecule has 0 aliphatic carbocycles. The molecule has 1 aromatic carbocycles. The fourth-order valence-corrected chi connectivity index (χ4v) is 1.93. The van der Waals surface area contributed by atoms with Crippen molar-refractivity contribution < 1.29 is 13.9 Å². The number of amides is 1. The zero-order chi connectivity index (χ0) is 14.5. The molecule has 20 heavy (non-hydrogen) atoms. The molecule has 1 atom stereocenters. The van der Waals surface area contributed by atoms with Crippen molar-refractivity contribution in [3.05, 3.63) is 59.0 Å². The number of hydrogen-bond donors (Lipinski definition) is 1. The Hall–Kier alpha value is -2.07. The summed E-state index contributed by atoms with van der Waals surface area (Å²) in [4.78, 5) is 12.1. The maximum absolute atomic E-state index is 12.1. The van der Waals surface area contributed by atoms with E-state index in [1.54, 1.807) is 19.2 Å². The standard InChI is InChI=1S/C16H19NO3/c1-11-4-6-13(7-5-11)12(2)17-16(18)15-9-8-14(20-15)10-19-3/h4-9,12H,10H2,1-3H3,(H,17,18). The highest BCUT2D eigenvalue weighted by Gasteiger charge is 2.14. The summed E-state index contributed by atoms with van der Waals surface area (Å²) in [6, 6.07) is 11.4. The van der Waals surface area contributed by atoms with Gasteiger partial charge in [-0.15, -0.1) is 0 Å². The predicted molar refractivity (Wildman–Crippen MR) is 76.5 cm³/mol. The summed E-state index contributed by atoms with van der Waals surface area (Å²) >= 11 is 0. The van der Waals surface area contributed by atoms with Gasteiger partial charge in [-0.3, -0.25) is 4.79 Å². The van der Waals surface area contributed by atoms with Crippen molar-refractivity contribution >= 4 is 5.91 Å². The van der Waals surface area contributed by atoms with Crippen molar-refractivity contribution in [3.8, 4) is 0 Å². The van der Waals surface area contributed by atoms with Gasteiger partial charge in [-0.1, -0.05) is 29.8 Å². The number of methoxy groups -OCH3 is 1. The van der Waals surface area contributed by atoms with Crippen LogP contribution in [0.25, 0.3) is 0 Å². The molecule has 1 amide bonds. The van der Waals surface area contributed by atoms with Gasteiger partial charge in [-0.2, -0.15) is 0 Å². The Morgan fingerprint density at radius 2 is 1.95 bits per heavy atom. The van der Waals surface area contributed by atoms with Gasteiger partial charge >= 0.3 is 0 Å². The lowest BCUT2D eigenvalue weighted by atomic mass is 10.1. The zero-order valence-corrected chi connectivity index (χ0v) is 12.0. The van der Waals surface area contributed by atoms with Crippen molar-refractivity contribution in [2.75, 3.05) is 7.11 Å². The fourth-order valence-electron chi connectivity index (χ4n) is 1.93. The lowest BCUT2D eigenvalue weighted by Gasteiger charge is -2.13. The van der Waals surface area contributed by atoms with E-state index in [2.05, 4.69) is 5.32 Å². The topological polar surface area (TPSA) is 51.5 Å². The Morgan fingerprint density at radius 1 is 1.25 bits per heavy atom. The third-order valence-electron chi connectivity index (χ3n) is 3.10. The highest BCUT2D eigenvalue weighted by Crippen LogP contribution is 2.15. The summed E-state index contributed by atoms with van der Waals surface area (Å²) in [6.45, 7) is 4.34. The van der Waals surface area contributed by atoms with E-state index in [-0.39, 0.29) is 11.9 Å². The van der Waals surface area contributed by atoms with E-state index in [4.69, 9.17) is 9.15 Å². The monoisotopic (exact) mass is 273 g/mol. The Morgan fingerprint density at radius 3 is 2.60 bits per heavy atom. The van der Waals surface area contributed by atoms with Gasteiger partial charge < -0.3 is 14.5 Å². The van der Waals surface area contributed by atoms with Gasteiger partial charge in [-0.25, -0.2) is 0 Å². The number of furan rings is 1. The molecule has 106 valence electrons. The van der Waals surface area contributed by atoms with E-state index in [1.807, 2.05) is 38.1 Å². The second-order valence-corrected chi connectivity index (χ2v) is 4.80. The molecule has 0 saturated carbocycles. The summed E-state index contributed by atoms with van der Waals surface area (Å²) in [5.74, 6) is 0.720. The van der Waals surface area contributed by atoms with Crippen LogP contribution < -0.4 is 5.32 Å². The minimum Gasteiger partial charge on any atom is -0.453 e. The Labute approximate surface area is 118 Å². The summed E-state index contributed by atoms with van der Waals surface area (Å²) < 4.78 is 10.4. The van der Waals surface area contributed by atoms with Gasteiger partial charge in [0.05, 0.1) is 6.04 Å². The first-order chi connectivity index (χ1) is 9.60. The van der Waals surface area contributed by atoms with Crippen LogP contribution in [0.15, 0.2) is 40.8 Å². The van der Waals surface area contributed by atoms with Gasteiger partial charge in [0.25, 0.3) is 5.91 Å². The van der Waals surface area contributed by atoms with Crippen LogP contribution in [0, 0.1) is 6.92 Å². The molecule has 4 heteroatoms. The van der Waals surface area contributed by atoms with Gasteiger partial charge in [0.1, 0.15) is 12.4 Å². The number of carbonyl (C=O) groups excluding carboxylic acids is 1. The molecular weight excluding hydrogens is 254 g/mol. The van der Waals surface area contributed by atoms with Crippen LogP contribution in [0.1, 0.15) is 40.4 Å². The first-order valence-corrected chi connectivity index (χ1v) is 6.55. The highest BCUT2D eigenvalue weighted by molar-refractivity contribution is 5.91. The number of nitrogens with one attached hydrogen (secondary N) is 1. The molecule has 4 nitrogen and oxygen atoms in total. The SMILES string of the molecule is COCc1ccc(C(=O)NC(C)c2ccc(C)cc2)o1. The number of ether oxygens (including phenoxy) is 1. The van der Waals surface area contributed by atoms with E-state index in [0.717, 1.165) is 5.56 Å². The second-order valence-electron chi connectivity index (χ2n) is 4.80. The van der Waals surface area contributed by atoms with Gasteiger partial charge in [0.2, 0.25) is 0 Å². The summed E-state index contributed by atoms with van der Waals surface area (Å²) in [7, 11) is 1.59.